The van der Waals surface area contributed by atoms with Crippen molar-refractivity contribution < 1.29 is 18.7 Å². The van der Waals surface area contributed by atoms with E-state index in [-0.39, 0.29) is 18.4 Å². The van der Waals surface area contributed by atoms with E-state index in [1.807, 2.05) is 30.3 Å². The maximum Gasteiger partial charge on any atom is 0.310 e. The quantitative estimate of drug-likeness (QED) is 0.764. The molecule has 24 heavy (non-hydrogen) atoms. The van der Waals surface area contributed by atoms with Gasteiger partial charge in [-0.05, 0) is 29.8 Å². The molecule has 0 saturated heterocycles. The zero-order valence-electron chi connectivity index (χ0n) is 13.7. The van der Waals surface area contributed by atoms with Crippen LogP contribution in [0.4, 0.5) is 4.39 Å². The first-order chi connectivity index (χ1) is 11.5. The number of amides is 1. The average Bonchev–Trinajstić information content (AvgIpc) is 2.61. The monoisotopic (exact) mass is 329 g/mol. The number of halogens is 1. The summed E-state index contributed by atoms with van der Waals surface area (Å²) in [5.41, 5.74) is 1.33. The number of hydrogen-bond acceptors (Lipinski definition) is 3. The van der Waals surface area contributed by atoms with Gasteiger partial charge < -0.3 is 9.64 Å². The van der Waals surface area contributed by atoms with E-state index in [4.69, 9.17) is 4.74 Å². The van der Waals surface area contributed by atoms with E-state index >= 15 is 0 Å². The van der Waals surface area contributed by atoms with E-state index in [1.54, 1.807) is 11.8 Å². The molecule has 0 N–H and O–H groups in total. The highest BCUT2D eigenvalue weighted by Gasteiger charge is 2.22. The van der Waals surface area contributed by atoms with Crippen LogP contribution in [0.1, 0.15) is 22.8 Å². The van der Waals surface area contributed by atoms with Crippen molar-refractivity contribution in [3.63, 3.8) is 0 Å². The molecule has 0 spiro atoms. The van der Waals surface area contributed by atoms with Gasteiger partial charge >= 0.3 is 5.97 Å². The van der Waals surface area contributed by atoms with Crippen molar-refractivity contribution in [2.24, 2.45) is 5.92 Å². The molecule has 1 amide bonds. The number of benzene rings is 2. The van der Waals surface area contributed by atoms with Gasteiger partial charge in [0.2, 0.25) is 0 Å². The minimum atomic E-state index is -0.455. The lowest BCUT2D eigenvalue weighted by molar-refractivity contribution is -0.145. The summed E-state index contributed by atoms with van der Waals surface area (Å²) in [5.74, 6) is -1.48. The Morgan fingerprint density at radius 2 is 1.71 bits per heavy atom. The van der Waals surface area contributed by atoms with Crippen LogP contribution >= 0.6 is 0 Å². The second kappa shape index (κ2) is 8.24. The number of ether oxygens (including phenoxy) is 1. The minimum Gasteiger partial charge on any atom is -0.469 e. The Labute approximate surface area is 140 Å². The van der Waals surface area contributed by atoms with E-state index in [0.29, 0.717) is 12.1 Å². The molecule has 5 heteroatoms. The Morgan fingerprint density at radius 1 is 1.08 bits per heavy atom. The summed E-state index contributed by atoms with van der Waals surface area (Å²) in [5, 5.41) is 0. The fourth-order valence-corrected chi connectivity index (χ4v) is 2.40. The second-order valence-corrected chi connectivity index (χ2v) is 5.60. The summed E-state index contributed by atoms with van der Waals surface area (Å²) in [6, 6.07) is 14.9. The number of carbonyl (C=O) groups excluding carboxylic acids is 2. The lowest BCUT2D eigenvalue weighted by atomic mass is 10.1. The predicted octanol–water partition coefficient (Wildman–Crippen LogP) is 3.28. The van der Waals surface area contributed by atoms with Crippen molar-refractivity contribution in [3.05, 3.63) is 71.5 Å². The highest BCUT2D eigenvalue weighted by Crippen LogP contribution is 2.14. The SMILES string of the molecule is COC(=O)C(C)CN(Cc1ccccc1)C(=O)c1ccc(F)cc1. The first-order valence-corrected chi connectivity index (χ1v) is 7.68. The minimum absolute atomic E-state index is 0.220. The van der Waals surface area contributed by atoms with Crippen molar-refractivity contribution in [1.82, 2.24) is 4.90 Å². The second-order valence-electron chi connectivity index (χ2n) is 5.60. The maximum atomic E-state index is 13.1. The van der Waals surface area contributed by atoms with Crippen molar-refractivity contribution in [2.45, 2.75) is 13.5 Å². The molecule has 0 aliphatic carbocycles. The molecule has 0 saturated carbocycles. The number of rotatable bonds is 6. The molecule has 2 aromatic carbocycles. The van der Waals surface area contributed by atoms with Gasteiger partial charge in [-0.15, -0.1) is 0 Å². The number of esters is 1. The summed E-state index contributed by atoms with van der Waals surface area (Å²) in [6.07, 6.45) is 0. The fourth-order valence-electron chi connectivity index (χ4n) is 2.40. The summed E-state index contributed by atoms with van der Waals surface area (Å²) in [4.78, 5) is 26.0. The maximum absolute atomic E-state index is 13.1. The van der Waals surface area contributed by atoms with Gasteiger partial charge in [-0.25, -0.2) is 4.39 Å². The highest BCUT2D eigenvalue weighted by molar-refractivity contribution is 5.94. The molecule has 0 fully saturated rings. The Balaban J connectivity index is 2.22. The van der Waals surface area contributed by atoms with Gasteiger partial charge in [0.1, 0.15) is 5.82 Å². The average molecular weight is 329 g/mol. The zero-order valence-corrected chi connectivity index (χ0v) is 13.7. The zero-order chi connectivity index (χ0) is 17.5. The molecule has 2 aromatic rings. The van der Waals surface area contributed by atoms with Gasteiger partial charge in [-0.1, -0.05) is 37.3 Å². The lowest BCUT2D eigenvalue weighted by Crippen LogP contribution is -2.36. The topological polar surface area (TPSA) is 46.6 Å². The van der Waals surface area contributed by atoms with Gasteiger partial charge in [0.15, 0.2) is 0 Å². The number of methoxy groups -OCH3 is 1. The van der Waals surface area contributed by atoms with Crippen LogP contribution in [0, 0.1) is 11.7 Å². The molecule has 4 nitrogen and oxygen atoms in total. The normalized spacial score (nSPS) is 11.6. The third-order valence-corrected chi connectivity index (χ3v) is 3.69. The third kappa shape index (κ3) is 4.65. The number of hydrogen-bond donors (Lipinski definition) is 0. The Bertz CT molecular complexity index is 686. The predicted molar refractivity (Wildman–Crippen MR) is 88.8 cm³/mol. The fraction of sp³-hybridized carbons (Fsp3) is 0.263. The van der Waals surface area contributed by atoms with Crippen LogP contribution in [-0.2, 0) is 16.1 Å². The first kappa shape index (κ1) is 17.7. The summed E-state index contributed by atoms with van der Waals surface area (Å²) < 4.78 is 17.8. The molecule has 0 aliphatic rings. The standard InChI is InChI=1S/C19H20FNO3/c1-14(19(23)24-2)12-21(13-15-6-4-3-5-7-15)18(22)16-8-10-17(20)11-9-16/h3-11,14H,12-13H2,1-2H3. The molecule has 0 heterocycles. The van der Waals surface area contributed by atoms with E-state index in [9.17, 15) is 14.0 Å². The summed E-state index contributed by atoms with van der Waals surface area (Å²) >= 11 is 0. The van der Waals surface area contributed by atoms with Gasteiger partial charge in [0, 0.05) is 18.7 Å². The molecule has 0 aromatic heterocycles. The van der Waals surface area contributed by atoms with Crippen molar-refractivity contribution in [1.29, 1.82) is 0 Å². The van der Waals surface area contributed by atoms with E-state index in [1.165, 1.54) is 31.4 Å². The van der Waals surface area contributed by atoms with Crippen molar-refractivity contribution in [2.75, 3.05) is 13.7 Å². The summed E-state index contributed by atoms with van der Waals surface area (Å²) in [6.45, 7) is 2.29. The first-order valence-electron chi connectivity index (χ1n) is 7.68. The van der Waals surface area contributed by atoms with Crippen LogP contribution in [0.5, 0.6) is 0 Å². The highest BCUT2D eigenvalue weighted by atomic mass is 19.1. The van der Waals surface area contributed by atoms with E-state index in [0.717, 1.165) is 5.56 Å². The van der Waals surface area contributed by atoms with Crippen LogP contribution < -0.4 is 0 Å². The van der Waals surface area contributed by atoms with Crippen LogP contribution in [0.2, 0.25) is 0 Å². The van der Waals surface area contributed by atoms with Crippen LogP contribution in [0.3, 0.4) is 0 Å². The largest absolute Gasteiger partial charge is 0.469 e. The van der Waals surface area contributed by atoms with Crippen LogP contribution in [0.25, 0.3) is 0 Å². The molecule has 126 valence electrons. The number of carbonyl (C=O) groups is 2. The third-order valence-electron chi connectivity index (χ3n) is 3.69. The molecule has 1 atom stereocenters. The van der Waals surface area contributed by atoms with Crippen molar-refractivity contribution in [3.8, 4) is 0 Å². The van der Waals surface area contributed by atoms with E-state index in [2.05, 4.69) is 0 Å². The summed E-state index contributed by atoms with van der Waals surface area (Å²) in [7, 11) is 1.32. The number of nitrogens with zero attached hydrogens (tertiary/aromatic N) is 1. The smallest absolute Gasteiger partial charge is 0.310 e. The molecule has 2 rings (SSSR count). The molecular weight excluding hydrogens is 309 g/mol. The molecule has 0 bridgehead atoms. The Hall–Kier alpha value is -2.69. The Morgan fingerprint density at radius 3 is 2.29 bits per heavy atom. The van der Waals surface area contributed by atoms with Crippen molar-refractivity contribution >= 4 is 11.9 Å². The van der Waals surface area contributed by atoms with Crippen LogP contribution in [0.15, 0.2) is 54.6 Å². The van der Waals surface area contributed by atoms with E-state index < -0.39 is 11.7 Å². The van der Waals surface area contributed by atoms with Gasteiger partial charge in [0.25, 0.3) is 5.91 Å². The molecular formula is C19H20FNO3. The lowest BCUT2D eigenvalue weighted by Gasteiger charge is -2.25. The van der Waals surface area contributed by atoms with Gasteiger partial charge in [0.05, 0.1) is 13.0 Å². The van der Waals surface area contributed by atoms with Gasteiger partial charge in [-0.3, -0.25) is 9.59 Å². The van der Waals surface area contributed by atoms with Crippen LogP contribution in [-0.4, -0.2) is 30.4 Å². The Kier molecular flexibility index (Phi) is 6.07. The molecule has 1 unspecified atom stereocenters. The van der Waals surface area contributed by atoms with Gasteiger partial charge in [-0.2, -0.15) is 0 Å². The molecule has 0 aliphatic heterocycles. The molecule has 0 radical (unpaired) electrons.